The number of hydrogen-bond donors (Lipinski definition) is 1. The van der Waals surface area contributed by atoms with Crippen LogP contribution in [0.3, 0.4) is 0 Å². The number of hydrogen-bond acceptors (Lipinski definition) is 7. The van der Waals surface area contributed by atoms with E-state index in [9.17, 15) is 14.4 Å². The molecular weight excluding hydrogens is 548 g/mol. The number of esters is 1. The van der Waals surface area contributed by atoms with Crippen LogP contribution in [-0.2, 0) is 40.3 Å². The summed E-state index contributed by atoms with van der Waals surface area (Å²) in [6.07, 6.45) is 8.08. The molecule has 8 nitrogen and oxygen atoms in total. The highest BCUT2D eigenvalue weighted by atomic mass is 32.2. The summed E-state index contributed by atoms with van der Waals surface area (Å²) in [7, 11) is 1.39. The smallest absolute Gasteiger partial charge is 0.309 e. The standard InChI is InChI=1S/C33H40N4O4S/c1-41-31(39)21-24-14-16-25(17-15-24)22-34-19-8-13-30(38)36-20-18-29-28(23-36)32(40)37(26-9-4-2-5-10-26)33(35-29)42-27-11-6-3-7-12-27/h2,4-5,9-10,14-17,27,34H,3,6-8,11-13,18-23H2,1H3. The monoisotopic (exact) mass is 588 g/mol. The molecule has 0 saturated heterocycles. The van der Waals surface area contributed by atoms with Crippen LogP contribution >= 0.6 is 11.8 Å². The molecule has 0 spiro atoms. The molecule has 222 valence electrons. The summed E-state index contributed by atoms with van der Waals surface area (Å²) in [4.78, 5) is 45.3. The van der Waals surface area contributed by atoms with Gasteiger partial charge in [0.2, 0.25) is 5.91 Å². The Hall–Kier alpha value is -3.43. The Bertz CT molecular complexity index is 1420. The summed E-state index contributed by atoms with van der Waals surface area (Å²) in [5, 5.41) is 4.66. The second-order valence-corrected chi connectivity index (χ2v) is 12.4. The zero-order chi connectivity index (χ0) is 29.3. The average Bonchev–Trinajstić information content (AvgIpc) is 3.02. The van der Waals surface area contributed by atoms with Gasteiger partial charge in [-0.1, -0.05) is 73.5 Å². The lowest BCUT2D eigenvalue weighted by Crippen LogP contribution is -2.41. The minimum Gasteiger partial charge on any atom is -0.469 e. The molecule has 1 aromatic heterocycles. The fourth-order valence-corrected chi connectivity index (χ4v) is 6.98. The first-order valence-corrected chi connectivity index (χ1v) is 15.9. The van der Waals surface area contributed by atoms with Crippen LogP contribution in [0.5, 0.6) is 0 Å². The van der Waals surface area contributed by atoms with Gasteiger partial charge in [-0.25, -0.2) is 4.98 Å². The van der Waals surface area contributed by atoms with E-state index in [1.54, 1.807) is 16.3 Å². The van der Waals surface area contributed by atoms with E-state index in [4.69, 9.17) is 9.72 Å². The molecule has 2 aliphatic rings. The van der Waals surface area contributed by atoms with Crippen LogP contribution in [0.2, 0.25) is 0 Å². The number of carbonyl (C=O) groups excluding carboxylic acids is 2. The summed E-state index contributed by atoms with van der Waals surface area (Å²) in [5.41, 5.74) is 4.29. The van der Waals surface area contributed by atoms with Gasteiger partial charge >= 0.3 is 5.97 Å². The van der Waals surface area contributed by atoms with Crippen molar-refractivity contribution in [1.29, 1.82) is 0 Å². The van der Waals surface area contributed by atoms with E-state index in [-0.39, 0.29) is 23.9 Å². The molecule has 3 aromatic rings. The number of benzene rings is 2. The quantitative estimate of drug-likeness (QED) is 0.195. The summed E-state index contributed by atoms with van der Waals surface area (Å²) >= 11 is 1.74. The molecule has 2 heterocycles. The zero-order valence-electron chi connectivity index (χ0n) is 24.3. The highest BCUT2D eigenvalue weighted by Gasteiger charge is 2.28. The number of amides is 1. The van der Waals surface area contributed by atoms with Crippen LogP contribution in [0.4, 0.5) is 0 Å². The molecule has 9 heteroatoms. The largest absolute Gasteiger partial charge is 0.469 e. The van der Waals surface area contributed by atoms with Crippen molar-refractivity contribution in [3.05, 3.63) is 87.3 Å². The number of thioether (sulfide) groups is 1. The molecule has 1 fully saturated rings. The Morgan fingerprint density at radius 3 is 2.50 bits per heavy atom. The molecule has 1 aliphatic carbocycles. The Balaban J connectivity index is 1.17. The number of fused-ring (bicyclic) bond motifs is 1. The SMILES string of the molecule is COC(=O)Cc1ccc(CNCCCC(=O)N2CCc3nc(SC4CCCCC4)n(-c4ccccc4)c(=O)c3C2)cc1. The van der Waals surface area contributed by atoms with Crippen molar-refractivity contribution in [2.75, 3.05) is 20.2 Å². The van der Waals surface area contributed by atoms with E-state index in [2.05, 4.69) is 5.32 Å². The van der Waals surface area contributed by atoms with E-state index < -0.39 is 0 Å². The Labute approximate surface area is 251 Å². The predicted octanol–water partition coefficient (Wildman–Crippen LogP) is 4.83. The van der Waals surface area contributed by atoms with Gasteiger partial charge in [0, 0.05) is 31.2 Å². The Kier molecular flexibility index (Phi) is 10.5. The van der Waals surface area contributed by atoms with Crippen LogP contribution in [0.15, 0.2) is 64.5 Å². The predicted molar refractivity (Wildman–Crippen MR) is 165 cm³/mol. The normalized spacial score (nSPS) is 15.3. The third-order valence-corrected chi connectivity index (χ3v) is 9.35. The minimum absolute atomic E-state index is 0.0544. The summed E-state index contributed by atoms with van der Waals surface area (Å²) in [6, 6.07) is 17.6. The molecule has 1 saturated carbocycles. The highest BCUT2D eigenvalue weighted by Crippen LogP contribution is 2.34. The van der Waals surface area contributed by atoms with Gasteiger partial charge in [-0.05, 0) is 49.1 Å². The number of ether oxygens (including phenoxy) is 1. The van der Waals surface area contributed by atoms with E-state index >= 15 is 0 Å². The second kappa shape index (κ2) is 14.6. The lowest BCUT2D eigenvalue weighted by atomic mass is 10.0. The maximum absolute atomic E-state index is 13.9. The fourth-order valence-electron chi connectivity index (χ4n) is 5.65. The molecule has 1 aliphatic heterocycles. The van der Waals surface area contributed by atoms with Gasteiger partial charge < -0.3 is 15.0 Å². The van der Waals surface area contributed by atoms with E-state index in [0.717, 1.165) is 40.5 Å². The van der Waals surface area contributed by atoms with Crippen LogP contribution in [-0.4, -0.2) is 51.8 Å². The van der Waals surface area contributed by atoms with Crippen LogP contribution in [0, 0.1) is 0 Å². The number of rotatable bonds is 11. The molecule has 0 unspecified atom stereocenters. The third kappa shape index (κ3) is 7.69. The second-order valence-electron chi connectivity index (χ2n) is 11.1. The van der Waals surface area contributed by atoms with Crippen molar-refractivity contribution in [2.24, 2.45) is 0 Å². The molecule has 5 rings (SSSR count). The summed E-state index contributed by atoms with van der Waals surface area (Å²) in [5.74, 6) is -0.180. The molecule has 0 atom stereocenters. The molecule has 42 heavy (non-hydrogen) atoms. The third-order valence-electron chi connectivity index (χ3n) is 8.06. The van der Waals surface area contributed by atoms with Crippen molar-refractivity contribution >= 4 is 23.6 Å². The van der Waals surface area contributed by atoms with Crippen LogP contribution in [0.25, 0.3) is 5.69 Å². The molecule has 1 amide bonds. The van der Waals surface area contributed by atoms with E-state index in [1.165, 1.54) is 26.4 Å². The molecule has 2 aromatic carbocycles. The Morgan fingerprint density at radius 2 is 1.76 bits per heavy atom. The molecule has 0 bridgehead atoms. The van der Waals surface area contributed by atoms with Gasteiger partial charge in [-0.2, -0.15) is 0 Å². The van der Waals surface area contributed by atoms with E-state index in [1.807, 2.05) is 59.5 Å². The first-order chi connectivity index (χ1) is 20.5. The average molecular weight is 589 g/mol. The number of para-hydroxylation sites is 1. The number of nitrogens with zero attached hydrogens (tertiary/aromatic N) is 3. The van der Waals surface area contributed by atoms with Crippen molar-refractivity contribution in [3.8, 4) is 5.69 Å². The fraction of sp³-hybridized carbons (Fsp3) is 0.455. The van der Waals surface area contributed by atoms with Crippen molar-refractivity contribution in [3.63, 3.8) is 0 Å². The van der Waals surface area contributed by atoms with Crippen LogP contribution < -0.4 is 10.9 Å². The summed E-state index contributed by atoms with van der Waals surface area (Å²) in [6.45, 7) is 2.30. The maximum atomic E-state index is 13.9. The number of nitrogens with one attached hydrogen (secondary N) is 1. The lowest BCUT2D eigenvalue weighted by Gasteiger charge is -2.30. The van der Waals surface area contributed by atoms with Crippen molar-refractivity contribution in [2.45, 2.75) is 81.3 Å². The van der Waals surface area contributed by atoms with Crippen LogP contribution in [0.1, 0.15) is 67.3 Å². The number of methoxy groups -OCH3 is 1. The first-order valence-electron chi connectivity index (χ1n) is 15.0. The van der Waals surface area contributed by atoms with Crippen molar-refractivity contribution in [1.82, 2.24) is 19.8 Å². The van der Waals surface area contributed by atoms with Gasteiger partial charge in [-0.15, -0.1) is 0 Å². The highest BCUT2D eigenvalue weighted by molar-refractivity contribution is 7.99. The summed E-state index contributed by atoms with van der Waals surface area (Å²) < 4.78 is 6.48. The van der Waals surface area contributed by atoms with Gasteiger partial charge in [-0.3, -0.25) is 19.0 Å². The number of aromatic nitrogens is 2. The van der Waals surface area contributed by atoms with E-state index in [0.29, 0.717) is 56.3 Å². The lowest BCUT2D eigenvalue weighted by molar-refractivity contribution is -0.139. The van der Waals surface area contributed by atoms with Gasteiger partial charge in [0.25, 0.3) is 5.56 Å². The molecular formula is C33H40N4O4S. The molecule has 1 N–H and O–H groups in total. The van der Waals surface area contributed by atoms with Gasteiger partial charge in [0.1, 0.15) is 0 Å². The Morgan fingerprint density at radius 1 is 1.02 bits per heavy atom. The number of carbonyl (C=O) groups is 2. The topological polar surface area (TPSA) is 93.5 Å². The first kappa shape index (κ1) is 30.0. The molecule has 0 radical (unpaired) electrons. The minimum atomic E-state index is -0.251. The zero-order valence-corrected chi connectivity index (χ0v) is 25.2. The van der Waals surface area contributed by atoms with Gasteiger partial charge in [0.05, 0.1) is 37.0 Å². The maximum Gasteiger partial charge on any atom is 0.309 e. The van der Waals surface area contributed by atoms with Crippen molar-refractivity contribution < 1.29 is 14.3 Å². The van der Waals surface area contributed by atoms with Gasteiger partial charge in [0.15, 0.2) is 5.16 Å².